The van der Waals surface area contributed by atoms with E-state index in [0.29, 0.717) is 37.0 Å². The van der Waals surface area contributed by atoms with Crippen LogP contribution in [0.2, 0.25) is 0 Å². The van der Waals surface area contributed by atoms with Crippen LogP contribution in [0, 0.1) is 5.82 Å². The molecule has 1 saturated heterocycles. The van der Waals surface area contributed by atoms with E-state index in [1.54, 1.807) is 31.3 Å². The molecule has 0 aliphatic carbocycles. The minimum absolute atomic E-state index is 0. The number of rotatable bonds is 7. The van der Waals surface area contributed by atoms with Crippen molar-refractivity contribution in [3.8, 4) is 0 Å². The zero-order chi connectivity index (χ0) is 21.3. The van der Waals surface area contributed by atoms with E-state index in [2.05, 4.69) is 20.6 Å². The molecular formula is C22H29FIN5O2. The molecule has 0 bridgehead atoms. The van der Waals surface area contributed by atoms with Crippen molar-refractivity contribution in [2.45, 2.75) is 32.9 Å². The smallest absolute Gasteiger partial charge is 0.338 e. The number of anilines is 1. The summed E-state index contributed by atoms with van der Waals surface area (Å²) in [6, 6.07) is 10.4. The SMILES string of the molecule is CCNC(=NCc1ccc(C(=O)OCC)cc1)NC1CCN(c2ncccc2F)C1.I. The van der Waals surface area contributed by atoms with Gasteiger partial charge in [-0.1, -0.05) is 12.1 Å². The molecule has 2 N–H and O–H groups in total. The predicted molar refractivity (Wildman–Crippen MR) is 131 cm³/mol. The van der Waals surface area contributed by atoms with Crippen LogP contribution in [0.3, 0.4) is 0 Å². The van der Waals surface area contributed by atoms with Crippen LogP contribution < -0.4 is 15.5 Å². The maximum Gasteiger partial charge on any atom is 0.338 e. The van der Waals surface area contributed by atoms with Crippen molar-refractivity contribution >= 4 is 41.7 Å². The molecule has 31 heavy (non-hydrogen) atoms. The van der Waals surface area contributed by atoms with Crippen LogP contribution in [-0.2, 0) is 11.3 Å². The molecule has 168 valence electrons. The van der Waals surface area contributed by atoms with Gasteiger partial charge >= 0.3 is 5.97 Å². The Morgan fingerprint density at radius 1 is 1.29 bits per heavy atom. The molecule has 7 nitrogen and oxygen atoms in total. The zero-order valence-electron chi connectivity index (χ0n) is 17.8. The molecule has 9 heteroatoms. The molecule has 1 aromatic carbocycles. The molecular weight excluding hydrogens is 512 g/mol. The van der Waals surface area contributed by atoms with E-state index in [1.165, 1.54) is 6.07 Å². The monoisotopic (exact) mass is 541 g/mol. The minimum atomic E-state index is -0.322. The fourth-order valence-electron chi connectivity index (χ4n) is 3.32. The molecule has 0 spiro atoms. The van der Waals surface area contributed by atoms with Gasteiger partial charge in [0.1, 0.15) is 0 Å². The van der Waals surface area contributed by atoms with Gasteiger partial charge in [0.15, 0.2) is 17.6 Å². The molecule has 1 fully saturated rings. The van der Waals surface area contributed by atoms with E-state index >= 15 is 0 Å². The third-order valence-electron chi connectivity index (χ3n) is 4.80. The molecule has 0 radical (unpaired) electrons. The summed E-state index contributed by atoms with van der Waals surface area (Å²) in [5.74, 6) is 0.480. The number of esters is 1. The highest BCUT2D eigenvalue weighted by Gasteiger charge is 2.25. The number of hydrogen-bond donors (Lipinski definition) is 2. The van der Waals surface area contributed by atoms with Crippen molar-refractivity contribution in [2.75, 3.05) is 31.1 Å². The number of ether oxygens (including phenoxy) is 1. The quantitative estimate of drug-likeness (QED) is 0.243. The highest BCUT2D eigenvalue weighted by atomic mass is 127. The first-order chi connectivity index (χ1) is 14.6. The number of pyridine rings is 1. The summed E-state index contributed by atoms with van der Waals surface area (Å²) in [4.78, 5) is 22.5. The number of aliphatic imine (C=N–C) groups is 1. The van der Waals surface area contributed by atoms with Crippen LogP contribution in [0.4, 0.5) is 10.2 Å². The normalized spacial score (nSPS) is 15.9. The predicted octanol–water partition coefficient (Wildman–Crippen LogP) is 3.35. The van der Waals surface area contributed by atoms with Gasteiger partial charge in [-0.2, -0.15) is 0 Å². The van der Waals surface area contributed by atoms with Gasteiger partial charge in [0.2, 0.25) is 0 Å². The third kappa shape index (κ3) is 7.05. The first-order valence-electron chi connectivity index (χ1n) is 10.3. The Morgan fingerprint density at radius 2 is 2.06 bits per heavy atom. The van der Waals surface area contributed by atoms with Crippen LogP contribution in [-0.4, -0.2) is 49.2 Å². The van der Waals surface area contributed by atoms with Gasteiger partial charge in [-0.15, -0.1) is 24.0 Å². The van der Waals surface area contributed by atoms with Crippen LogP contribution in [0.15, 0.2) is 47.6 Å². The van der Waals surface area contributed by atoms with Crippen molar-refractivity contribution in [3.63, 3.8) is 0 Å². The van der Waals surface area contributed by atoms with Gasteiger partial charge in [0.25, 0.3) is 0 Å². The first-order valence-corrected chi connectivity index (χ1v) is 10.3. The second kappa shape index (κ2) is 12.4. The van der Waals surface area contributed by atoms with Crippen molar-refractivity contribution in [2.24, 2.45) is 4.99 Å². The summed E-state index contributed by atoms with van der Waals surface area (Å²) in [7, 11) is 0. The largest absolute Gasteiger partial charge is 0.462 e. The minimum Gasteiger partial charge on any atom is -0.462 e. The summed E-state index contributed by atoms with van der Waals surface area (Å²) >= 11 is 0. The lowest BCUT2D eigenvalue weighted by Crippen LogP contribution is -2.44. The Morgan fingerprint density at radius 3 is 2.74 bits per heavy atom. The Kier molecular flexibility index (Phi) is 9.96. The van der Waals surface area contributed by atoms with E-state index in [-0.39, 0.29) is 41.8 Å². The number of nitrogens with one attached hydrogen (secondary N) is 2. The summed E-state index contributed by atoms with van der Waals surface area (Å²) in [5.41, 5.74) is 1.52. The molecule has 1 aliphatic heterocycles. The van der Waals surface area contributed by atoms with Crippen molar-refractivity contribution in [1.29, 1.82) is 0 Å². The van der Waals surface area contributed by atoms with E-state index in [0.717, 1.165) is 25.1 Å². The Balaban J connectivity index is 0.00000341. The molecule has 3 rings (SSSR count). The third-order valence-corrected chi connectivity index (χ3v) is 4.80. The van der Waals surface area contributed by atoms with Gasteiger partial charge < -0.3 is 20.3 Å². The summed E-state index contributed by atoms with van der Waals surface area (Å²) in [6.07, 6.45) is 2.48. The van der Waals surface area contributed by atoms with E-state index in [4.69, 9.17) is 4.74 Å². The summed E-state index contributed by atoms with van der Waals surface area (Å²) in [5, 5.41) is 6.67. The van der Waals surface area contributed by atoms with E-state index < -0.39 is 0 Å². The van der Waals surface area contributed by atoms with Crippen molar-refractivity contribution < 1.29 is 13.9 Å². The van der Waals surface area contributed by atoms with Gasteiger partial charge in [0.05, 0.1) is 18.7 Å². The highest BCUT2D eigenvalue weighted by molar-refractivity contribution is 14.0. The number of aromatic nitrogens is 1. The summed E-state index contributed by atoms with van der Waals surface area (Å²) in [6.45, 7) is 6.76. The number of carbonyl (C=O) groups excluding carboxylic acids is 1. The maximum absolute atomic E-state index is 14.0. The average Bonchev–Trinajstić information content (AvgIpc) is 3.21. The van der Waals surface area contributed by atoms with Crippen molar-refractivity contribution in [1.82, 2.24) is 15.6 Å². The lowest BCUT2D eigenvalue weighted by atomic mass is 10.1. The molecule has 0 amide bonds. The lowest BCUT2D eigenvalue weighted by Gasteiger charge is -2.20. The number of halogens is 2. The number of hydrogen-bond acceptors (Lipinski definition) is 5. The van der Waals surface area contributed by atoms with Gasteiger partial charge in [0, 0.05) is 31.9 Å². The standard InChI is InChI=1S/C22H28FN5O2.HI/c1-3-24-22(26-14-16-7-9-17(10-8-16)21(29)30-4-2)27-18-11-13-28(15-18)20-19(23)6-5-12-25-20;/h5-10,12,18H,3-4,11,13-15H2,1-2H3,(H2,24,26,27);1H. The van der Waals surface area contributed by atoms with Crippen molar-refractivity contribution in [3.05, 3.63) is 59.5 Å². The Hall–Kier alpha value is -2.43. The fourth-order valence-corrected chi connectivity index (χ4v) is 3.32. The molecule has 2 heterocycles. The lowest BCUT2D eigenvalue weighted by molar-refractivity contribution is 0.0526. The summed E-state index contributed by atoms with van der Waals surface area (Å²) < 4.78 is 19.0. The zero-order valence-corrected chi connectivity index (χ0v) is 20.1. The second-order valence-corrected chi connectivity index (χ2v) is 7.00. The number of benzene rings is 1. The Bertz CT molecular complexity index is 878. The average molecular weight is 541 g/mol. The maximum atomic E-state index is 14.0. The van der Waals surface area contributed by atoms with Crippen LogP contribution in [0.25, 0.3) is 0 Å². The van der Waals surface area contributed by atoms with Gasteiger partial charge in [-0.05, 0) is 50.1 Å². The first kappa shape index (κ1) is 24.8. The molecule has 1 atom stereocenters. The molecule has 1 unspecified atom stereocenters. The van der Waals surface area contributed by atoms with E-state index in [1.807, 2.05) is 24.0 Å². The van der Waals surface area contributed by atoms with Crippen LogP contribution in [0.5, 0.6) is 0 Å². The van der Waals surface area contributed by atoms with Gasteiger partial charge in [-0.3, -0.25) is 0 Å². The molecule has 0 saturated carbocycles. The van der Waals surface area contributed by atoms with E-state index in [9.17, 15) is 9.18 Å². The second-order valence-electron chi connectivity index (χ2n) is 7.00. The van der Waals surface area contributed by atoms with Crippen LogP contribution >= 0.6 is 24.0 Å². The fraction of sp³-hybridized carbons (Fsp3) is 0.409. The molecule has 2 aromatic rings. The van der Waals surface area contributed by atoms with Crippen LogP contribution in [0.1, 0.15) is 36.2 Å². The Labute approximate surface area is 199 Å². The number of nitrogens with zero attached hydrogens (tertiary/aromatic N) is 3. The van der Waals surface area contributed by atoms with Gasteiger partial charge in [-0.25, -0.2) is 19.2 Å². The topological polar surface area (TPSA) is 78.8 Å². The number of guanidine groups is 1. The molecule has 1 aromatic heterocycles. The number of carbonyl (C=O) groups is 1. The molecule has 1 aliphatic rings. The highest BCUT2D eigenvalue weighted by Crippen LogP contribution is 2.20.